The number of aliphatic hydroxyl groups excluding tert-OH is 1. The van der Waals surface area contributed by atoms with E-state index >= 15 is 0 Å². The standard InChI is InChI=1S/C71H111N11O16S/c1-15-45(8)61(53(96-13)39-56(85)81-36-23-28-52(81)63(97-14)46(9)64(88)74-47(10)62(87)49-25-18-16-19-26-49)79(11)69(93)59(43(4)5)78-67(91)60(44(6)7)80(12)71(95)98-41-48-30-32-50(33-31-48)75-65(89)51(27-22-34-73-70(72)94)76-66(90)58(42(2)3)77-55(84)29-20-17-21-35-82-57(86)40-54(68(82)92)99-38-24-37-83/h16,18-19,25-26,30-33,37,42-47,51-54,58-63,87H,15,17,20-24,27-29,34-36,38-41H2,1-14H3,(H,74,88)(H,75,89)(H,76,90)(H,77,84)(H,78,91)(H3,72,73,94)/t45-,46+,47+,51-,52-,53?,54?,58-,59-,60-,61-,62+,63+/m0/s1. The van der Waals surface area contributed by atoms with Crippen molar-refractivity contribution in [2.75, 3.05) is 59.0 Å². The maximum absolute atomic E-state index is 14.8. The second-order valence-corrected chi connectivity index (χ2v) is 28.3. The number of aliphatic hydroxyl groups is 1. The van der Waals surface area contributed by atoms with Gasteiger partial charge in [-0.2, -0.15) is 0 Å². The van der Waals surface area contributed by atoms with Gasteiger partial charge >= 0.3 is 12.1 Å². The Bertz CT molecular complexity index is 3000. The van der Waals surface area contributed by atoms with E-state index in [2.05, 4.69) is 31.9 Å². The van der Waals surface area contributed by atoms with E-state index in [1.54, 1.807) is 109 Å². The predicted molar refractivity (Wildman–Crippen MR) is 376 cm³/mol. The van der Waals surface area contributed by atoms with Crippen molar-refractivity contribution in [3.63, 3.8) is 0 Å². The van der Waals surface area contributed by atoms with Crippen molar-refractivity contribution in [2.45, 2.75) is 219 Å². The molecule has 0 bridgehead atoms. The zero-order valence-corrected chi connectivity index (χ0v) is 61.2. The first-order valence-corrected chi connectivity index (χ1v) is 35.7. The van der Waals surface area contributed by atoms with Gasteiger partial charge in [-0.3, -0.25) is 53.0 Å². The number of nitrogens with zero attached hydrogens (tertiary/aromatic N) is 4. The lowest BCUT2D eigenvalue weighted by molar-refractivity contribution is -0.148. The Kier molecular flexibility index (Phi) is 35.3. The first-order chi connectivity index (χ1) is 46.9. The first-order valence-electron chi connectivity index (χ1n) is 34.7. The number of unbranched alkanes of at least 4 members (excludes halogenated alkanes) is 2. The maximum Gasteiger partial charge on any atom is 0.410 e. The number of aldehydes is 1. The molecule has 27 nitrogen and oxygen atoms in total. The predicted octanol–water partition coefficient (Wildman–Crippen LogP) is 5.60. The average molecular weight is 1410 g/mol. The third-order valence-electron chi connectivity index (χ3n) is 18.6. The molecule has 2 unspecified atom stereocenters. The molecule has 0 radical (unpaired) electrons. The number of nitrogens with one attached hydrogen (secondary N) is 6. The summed E-state index contributed by atoms with van der Waals surface area (Å²) in [4.78, 5) is 165. The lowest BCUT2D eigenvalue weighted by atomic mass is 9.89. The van der Waals surface area contributed by atoms with Crippen LogP contribution in [0.5, 0.6) is 0 Å². The highest BCUT2D eigenvalue weighted by atomic mass is 32.2. The minimum absolute atomic E-state index is 0.0640. The van der Waals surface area contributed by atoms with E-state index in [4.69, 9.17) is 19.9 Å². The molecule has 2 fully saturated rings. The van der Waals surface area contributed by atoms with Crippen molar-refractivity contribution < 1.29 is 76.9 Å². The van der Waals surface area contributed by atoms with Crippen LogP contribution in [-0.2, 0) is 68.8 Å². The monoisotopic (exact) mass is 1410 g/mol. The van der Waals surface area contributed by atoms with Crippen LogP contribution in [-0.4, -0.2) is 210 Å². The molecule has 0 spiro atoms. The fourth-order valence-electron chi connectivity index (χ4n) is 12.7. The van der Waals surface area contributed by atoms with E-state index in [-0.39, 0.29) is 81.3 Å². The van der Waals surface area contributed by atoms with Gasteiger partial charge in [0.15, 0.2) is 0 Å². The second kappa shape index (κ2) is 41.8. The van der Waals surface area contributed by atoms with Crippen LogP contribution in [0.2, 0.25) is 0 Å². The van der Waals surface area contributed by atoms with Crippen LogP contribution in [0, 0.1) is 29.6 Å². The summed E-state index contributed by atoms with van der Waals surface area (Å²) in [5.41, 5.74) is 6.77. The summed E-state index contributed by atoms with van der Waals surface area (Å²) < 4.78 is 17.8. The smallest absolute Gasteiger partial charge is 0.410 e. The highest BCUT2D eigenvalue weighted by Crippen LogP contribution is 2.31. The van der Waals surface area contributed by atoms with Gasteiger partial charge in [-0.15, -0.1) is 11.8 Å². The number of carbonyl (C=O) groups excluding carboxylic acids is 12. The number of hydrogen-bond donors (Lipinski definition) is 8. The summed E-state index contributed by atoms with van der Waals surface area (Å²) in [6.07, 6.45) is 1.53. The zero-order chi connectivity index (χ0) is 73.8. The molecule has 2 aromatic carbocycles. The normalized spacial score (nSPS) is 18.0. The van der Waals surface area contributed by atoms with Crippen molar-refractivity contribution in [2.24, 2.45) is 35.3 Å². The minimum Gasteiger partial charge on any atom is -0.445 e. The number of anilines is 1. The Hall–Kier alpha value is -7.69. The molecule has 9 N–H and O–H groups in total. The molecule has 0 aliphatic carbocycles. The minimum atomic E-state index is -1.13. The molecule has 552 valence electrons. The summed E-state index contributed by atoms with van der Waals surface area (Å²) in [6.45, 7) is 18.5. The number of rotatable bonds is 42. The Balaban J connectivity index is 1.36. The van der Waals surface area contributed by atoms with Gasteiger partial charge in [-0.1, -0.05) is 118 Å². The van der Waals surface area contributed by atoms with Crippen molar-refractivity contribution in [3.05, 3.63) is 65.7 Å². The molecule has 13 atom stereocenters. The summed E-state index contributed by atoms with van der Waals surface area (Å²) in [6, 6.07) is 8.66. The lowest BCUT2D eigenvalue weighted by Crippen LogP contribution is -2.60. The number of urea groups is 1. The molecule has 12 amide bonds. The molecule has 99 heavy (non-hydrogen) atoms. The third kappa shape index (κ3) is 25.2. The van der Waals surface area contributed by atoms with Crippen LogP contribution < -0.4 is 37.6 Å². The molecule has 2 aromatic rings. The number of carbonyl (C=O) groups is 12. The quantitative estimate of drug-likeness (QED) is 0.0228. The summed E-state index contributed by atoms with van der Waals surface area (Å²) in [5, 5.41) is 27.1. The van der Waals surface area contributed by atoms with Crippen LogP contribution in [0.4, 0.5) is 15.3 Å². The topological polar surface area (TPSA) is 364 Å². The van der Waals surface area contributed by atoms with Gasteiger partial charge in [-0.05, 0) is 92.4 Å². The van der Waals surface area contributed by atoms with E-state index in [0.29, 0.717) is 74.1 Å². The van der Waals surface area contributed by atoms with Crippen LogP contribution in [0.1, 0.15) is 164 Å². The number of likely N-dealkylation sites (tertiary alicyclic amines) is 2. The lowest BCUT2D eigenvalue weighted by Gasteiger charge is -2.41. The molecule has 4 rings (SSSR count). The van der Waals surface area contributed by atoms with Gasteiger partial charge in [0.1, 0.15) is 37.1 Å². The fraction of sp³-hybridized carbons (Fsp3) is 0.662. The van der Waals surface area contributed by atoms with Crippen LogP contribution >= 0.6 is 11.8 Å². The van der Waals surface area contributed by atoms with Crippen molar-refractivity contribution in [3.8, 4) is 0 Å². The van der Waals surface area contributed by atoms with E-state index in [1.165, 1.54) is 42.8 Å². The number of imide groups is 1. The number of likely N-dealkylation sites (N-methyl/N-ethyl adjacent to an activating group) is 2. The second-order valence-electron chi connectivity index (χ2n) is 27.0. The largest absolute Gasteiger partial charge is 0.445 e. The Morgan fingerprint density at radius 1 is 0.768 bits per heavy atom. The SMILES string of the molecule is CC[C@H](C)[C@@H](C(CC(=O)N1CCC[C@H]1[C@H](OC)[C@@H](C)C(=O)N[C@H](C)[C@@H](O)c1ccccc1)OC)N(C)C(=O)[C@@H](NC(=O)[C@H](C(C)C)N(C)C(=O)OCc1ccc(NC(=O)[C@H](CCCNC(N)=O)NC(=O)[C@@H](NC(=O)CCCCCN2C(=O)CC(SCCC=O)C2=O)C(C)C)cc1)C(C)C. The van der Waals surface area contributed by atoms with Gasteiger partial charge < -0.3 is 71.5 Å². The zero-order valence-electron chi connectivity index (χ0n) is 60.4. The highest BCUT2D eigenvalue weighted by Gasteiger charge is 2.45. The third-order valence-corrected chi connectivity index (χ3v) is 19.8. The van der Waals surface area contributed by atoms with Crippen molar-refractivity contribution >= 4 is 89.0 Å². The Morgan fingerprint density at radius 3 is 2.03 bits per heavy atom. The molecule has 28 heteroatoms. The molecular weight excluding hydrogens is 1290 g/mol. The summed E-state index contributed by atoms with van der Waals surface area (Å²) in [5.74, 6) is -5.43. The van der Waals surface area contributed by atoms with Gasteiger partial charge in [0, 0.05) is 78.7 Å². The number of thioether (sulfide) groups is 1. The summed E-state index contributed by atoms with van der Waals surface area (Å²) in [7, 11) is 6.07. The van der Waals surface area contributed by atoms with Crippen molar-refractivity contribution in [1.29, 1.82) is 0 Å². The number of methoxy groups -OCH3 is 2. The highest BCUT2D eigenvalue weighted by molar-refractivity contribution is 8.00. The van der Waals surface area contributed by atoms with E-state index in [0.717, 1.165) is 6.29 Å². The average Bonchev–Trinajstić information content (AvgIpc) is 1.80. The van der Waals surface area contributed by atoms with Gasteiger partial charge in [-0.25, -0.2) is 9.59 Å². The number of ether oxygens (including phenoxy) is 3. The van der Waals surface area contributed by atoms with Gasteiger partial charge in [0.2, 0.25) is 53.2 Å². The number of benzene rings is 2. The maximum atomic E-state index is 14.8. The van der Waals surface area contributed by atoms with E-state index < -0.39 is 131 Å². The molecule has 2 heterocycles. The van der Waals surface area contributed by atoms with Crippen molar-refractivity contribution in [1.82, 2.24) is 46.2 Å². The molecule has 0 saturated carbocycles. The van der Waals surface area contributed by atoms with Gasteiger partial charge in [0.05, 0.1) is 54.0 Å². The number of nitrogens with two attached hydrogens (primary N) is 1. The fourth-order valence-corrected chi connectivity index (χ4v) is 13.7. The number of amides is 12. The molecular formula is C71H111N11O16S. The first kappa shape index (κ1) is 83.7. The molecule has 0 aromatic heterocycles. The van der Waals surface area contributed by atoms with E-state index in [1.807, 2.05) is 32.0 Å². The Morgan fingerprint density at radius 2 is 1.43 bits per heavy atom. The molecule has 2 saturated heterocycles. The molecule has 2 aliphatic rings. The number of primary amides is 1. The summed E-state index contributed by atoms with van der Waals surface area (Å²) >= 11 is 1.29. The number of hydrogen-bond acceptors (Lipinski definition) is 17. The van der Waals surface area contributed by atoms with Crippen LogP contribution in [0.3, 0.4) is 0 Å². The van der Waals surface area contributed by atoms with E-state index in [9.17, 15) is 62.6 Å². The van der Waals surface area contributed by atoms with Gasteiger partial charge in [0.25, 0.3) is 0 Å². The van der Waals surface area contributed by atoms with Crippen LogP contribution in [0.15, 0.2) is 54.6 Å². The Labute approximate surface area is 588 Å². The molecule has 2 aliphatic heterocycles. The van der Waals surface area contributed by atoms with Crippen LogP contribution in [0.25, 0.3) is 0 Å².